The number of thiazole rings is 2. The summed E-state index contributed by atoms with van der Waals surface area (Å²) in [6.07, 6.45) is 4.04. The Morgan fingerprint density at radius 2 is 1.60 bits per heavy atom. The lowest BCUT2D eigenvalue weighted by Crippen LogP contribution is -2.11. The van der Waals surface area contributed by atoms with Gasteiger partial charge in [-0.15, -0.1) is 23.1 Å². The van der Waals surface area contributed by atoms with E-state index < -0.39 is 0 Å². The monoisotopic (exact) mass is 403 g/mol. The van der Waals surface area contributed by atoms with Crippen molar-refractivity contribution in [1.82, 2.24) is 9.97 Å². The number of fused-ring (bicyclic) bond motifs is 3. The van der Waals surface area contributed by atoms with Crippen LogP contribution in [0.1, 0.15) is 10.4 Å². The maximum atomic E-state index is 12.4. The normalized spacial score (nSPS) is 11.3. The van der Waals surface area contributed by atoms with Gasteiger partial charge in [0.2, 0.25) is 0 Å². The Morgan fingerprint density at radius 1 is 0.920 bits per heavy atom. The van der Waals surface area contributed by atoms with Crippen molar-refractivity contribution in [3.05, 3.63) is 42.0 Å². The lowest BCUT2D eigenvalue weighted by atomic mass is 10.2. The molecule has 2 aromatic carbocycles. The van der Waals surface area contributed by atoms with Gasteiger partial charge in [0.1, 0.15) is 0 Å². The van der Waals surface area contributed by atoms with E-state index in [1.807, 2.05) is 48.9 Å². The van der Waals surface area contributed by atoms with Crippen molar-refractivity contribution in [2.45, 2.75) is 9.24 Å². The number of thioether (sulfide) groups is 2. The van der Waals surface area contributed by atoms with Crippen molar-refractivity contribution < 1.29 is 4.79 Å². The van der Waals surface area contributed by atoms with Crippen LogP contribution in [0.25, 0.3) is 20.4 Å². The van der Waals surface area contributed by atoms with Crippen LogP contribution in [-0.2, 0) is 0 Å². The molecule has 0 spiro atoms. The van der Waals surface area contributed by atoms with Gasteiger partial charge in [-0.3, -0.25) is 10.1 Å². The van der Waals surface area contributed by atoms with Gasteiger partial charge in [-0.2, -0.15) is 0 Å². The van der Waals surface area contributed by atoms with Crippen LogP contribution in [0.5, 0.6) is 0 Å². The quantitative estimate of drug-likeness (QED) is 0.449. The number of benzene rings is 2. The van der Waals surface area contributed by atoms with Crippen molar-refractivity contribution in [2.24, 2.45) is 0 Å². The van der Waals surface area contributed by atoms with Crippen molar-refractivity contribution in [3.8, 4) is 0 Å². The lowest BCUT2D eigenvalue weighted by molar-refractivity contribution is 0.102. The van der Waals surface area contributed by atoms with Crippen molar-refractivity contribution in [3.63, 3.8) is 0 Å². The molecule has 4 nitrogen and oxygen atoms in total. The molecule has 1 N–H and O–H groups in total. The van der Waals surface area contributed by atoms with Gasteiger partial charge in [-0.05, 0) is 48.9 Å². The number of hydrogen-bond donors (Lipinski definition) is 1. The topological polar surface area (TPSA) is 54.9 Å². The van der Waals surface area contributed by atoms with Gasteiger partial charge >= 0.3 is 0 Å². The van der Waals surface area contributed by atoms with Crippen LogP contribution in [-0.4, -0.2) is 28.4 Å². The number of nitrogens with one attached hydrogen (secondary N) is 1. The minimum Gasteiger partial charge on any atom is -0.298 e. The minimum atomic E-state index is -0.142. The Balaban J connectivity index is 1.65. The molecule has 0 fully saturated rings. The molecule has 0 saturated carbocycles. The number of aromatic nitrogens is 2. The Kier molecular flexibility index (Phi) is 4.68. The molecule has 25 heavy (non-hydrogen) atoms. The largest absolute Gasteiger partial charge is 0.298 e. The summed E-state index contributed by atoms with van der Waals surface area (Å²) in [5.74, 6) is -0.142. The number of carbonyl (C=O) groups is 1. The van der Waals surface area contributed by atoms with Crippen LogP contribution in [0.4, 0.5) is 5.13 Å². The zero-order chi connectivity index (χ0) is 17.4. The predicted molar refractivity (Wildman–Crippen MR) is 111 cm³/mol. The van der Waals surface area contributed by atoms with Crippen molar-refractivity contribution >= 4 is 77.7 Å². The van der Waals surface area contributed by atoms with Crippen molar-refractivity contribution in [2.75, 3.05) is 17.8 Å². The first-order valence-electron chi connectivity index (χ1n) is 7.37. The lowest BCUT2D eigenvalue weighted by Gasteiger charge is -2.02. The van der Waals surface area contributed by atoms with E-state index in [2.05, 4.69) is 15.3 Å². The Morgan fingerprint density at radius 3 is 2.28 bits per heavy atom. The number of nitrogens with zero attached hydrogens (tertiary/aromatic N) is 2. The van der Waals surface area contributed by atoms with Gasteiger partial charge in [0.15, 0.2) is 9.47 Å². The first kappa shape index (κ1) is 16.8. The molecule has 4 aromatic rings. The standard InChI is InChI=1S/C17H13N3OS4/c1-22-10-5-3-9(4-6-10)15(21)20-16-18-11-7-8-12-14(13(11)24-16)25-17(19-12)23-2/h3-8H,1-2H3,(H,18,20,21). The van der Waals surface area contributed by atoms with Crippen LogP contribution in [0.2, 0.25) is 0 Å². The molecular formula is C17H13N3OS4. The molecule has 0 radical (unpaired) electrons. The number of hydrogen-bond acceptors (Lipinski definition) is 7. The zero-order valence-corrected chi connectivity index (χ0v) is 16.7. The molecular weight excluding hydrogens is 390 g/mol. The van der Waals surface area contributed by atoms with Gasteiger partial charge in [-0.1, -0.05) is 23.1 Å². The molecule has 2 aromatic heterocycles. The fourth-order valence-corrected chi connectivity index (χ4v) is 5.47. The third-order valence-electron chi connectivity index (χ3n) is 3.64. The predicted octanol–water partition coefficient (Wildman–Crippen LogP) is 5.60. The molecule has 0 aliphatic heterocycles. The average molecular weight is 404 g/mol. The summed E-state index contributed by atoms with van der Waals surface area (Å²) in [5.41, 5.74) is 2.50. The van der Waals surface area contributed by atoms with Crippen LogP contribution in [0.15, 0.2) is 45.6 Å². The molecule has 2 heterocycles. The molecule has 0 aliphatic rings. The summed E-state index contributed by atoms with van der Waals surface area (Å²) in [4.78, 5) is 22.7. The summed E-state index contributed by atoms with van der Waals surface area (Å²) in [7, 11) is 0. The highest BCUT2D eigenvalue weighted by molar-refractivity contribution is 8.00. The van der Waals surface area contributed by atoms with Gasteiger partial charge in [0, 0.05) is 10.5 Å². The molecule has 0 atom stereocenters. The second-order valence-electron chi connectivity index (χ2n) is 5.15. The number of rotatable bonds is 4. The second kappa shape index (κ2) is 6.95. The summed E-state index contributed by atoms with van der Waals surface area (Å²) in [6, 6.07) is 11.5. The van der Waals surface area contributed by atoms with Gasteiger partial charge in [0.25, 0.3) is 5.91 Å². The van der Waals surface area contributed by atoms with Crippen LogP contribution in [0.3, 0.4) is 0 Å². The summed E-state index contributed by atoms with van der Waals surface area (Å²) in [6.45, 7) is 0. The summed E-state index contributed by atoms with van der Waals surface area (Å²) < 4.78 is 3.24. The Hall–Kier alpha value is -1.61. The van der Waals surface area contributed by atoms with Crippen molar-refractivity contribution in [1.29, 1.82) is 0 Å². The fourth-order valence-electron chi connectivity index (χ4n) is 2.41. The SMILES string of the molecule is CSc1ccc(C(=O)Nc2nc3ccc4nc(SC)sc4c3s2)cc1. The smallest absolute Gasteiger partial charge is 0.257 e. The molecule has 0 aliphatic carbocycles. The van der Waals surface area contributed by atoms with E-state index in [0.717, 1.165) is 29.7 Å². The van der Waals surface area contributed by atoms with Crippen LogP contribution < -0.4 is 5.32 Å². The highest BCUT2D eigenvalue weighted by Crippen LogP contribution is 2.38. The third-order valence-corrected chi connectivity index (χ3v) is 7.59. The summed E-state index contributed by atoms with van der Waals surface area (Å²) in [5, 5.41) is 3.52. The molecule has 0 bridgehead atoms. The fraction of sp³-hybridized carbons (Fsp3) is 0.118. The first-order valence-corrected chi connectivity index (χ1v) is 11.5. The maximum absolute atomic E-state index is 12.4. The molecule has 0 saturated heterocycles. The highest BCUT2D eigenvalue weighted by Gasteiger charge is 2.14. The van der Waals surface area contributed by atoms with Crippen LogP contribution in [0, 0.1) is 0 Å². The van der Waals surface area contributed by atoms with E-state index in [0.29, 0.717) is 10.7 Å². The zero-order valence-electron chi connectivity index (χ0n) is 13.4. The number of carbonyl (C=O) groups excluding carboxylic acids is 1. The van der Waals surface area contributed by atoms with Gasteiger partial charge < -0.3 is 0 Å². The number of amides is 1. The molecule has 4 rings (SSSR count). The van der Waals surface area contributed by atoms with Gasteiger partial charge in [0.05, 0.1) is 20.4 Å². The highest BCUT2D eigenvalue weighted by atomic mass is 32.2. The van der Waals surface area contributed by atoms with E-state index in [1.54, 1.807) is 34.9 Å². The maximum Gasteiger partial charge on any atom is 0.257 e. The first-order chi connectivity index (χ1) is 12.2. The van der Waals surface area contributed by atoms with Crippen LogP contribution >= 0.6 is 46.2 Å². The van der Waals surface area contributed by atoms with E-state index in [-0.39, 0.29) is 5.91 Å². The summed E-state index contributed by atoms with van der Waals surface area (Å²) >= 11 is 6.46. The minimum absolute atomic E-state index is 0.142. The van der Waals surface area contributed by atoms with E-state index >= 15 is 0 Å². The van der Waals surface area contributed by atoms with Gasteiger partial charge in [-0.25, -0.2) is 9.97 Å². The van der Waals surface area contributed by atoms with E-state index in [9.17, 15) is 4.79 Å². The molecule has 0 unspecified atom stereocenters. The molecule has 8 heteroatoms. The molecule has 1 amide bonds. The molecule has 126 valence electrons. The Bertz CT molecular complexity index is 1070. The second-order valence-corrected chi connectivity index (χ2v) is 9.08. The third kappa shape index (κ3) is 3.27. The number of anilines is 1. The average Bonchev–Trinajstić information content (AvgIpc) is 3.24. The van der Waals surface area contributed by atoms with E-state index in [1.165, 1.54) is 11.3 Å². The Labute approximate surface area is 161 Å². The van der Waals surface area contributed by atoms with E-state index in [4.69, 9.17) is 0 Å².